The summed E-state index contributed by atoms with van der Waals surface area (Å²) in [6, 6.07) is 13.0. The summed E-state index contributed by atoms with van der Waals surface area (Å²) in [5.74, 6) is 0.492. The average molecular weight is 385 g/mol. The Morgan fingerprint density at radius 3 is 2.63 bits per heavy atom. The molecule has 1 aliphatic rings. The second-order valence-electron chi connectivity index (χ2n) is 7.07. The van der Waals surface area contributed by atoms with Crippen LogP contribution in [0.3, 0.4) is 0 Å². The molecule has 1 amide bonds. The number of aromatic nitrogens is 1. The molecule has 27 heavy (non-hydrogen) atoms. The summed E-state index contributed by atoms with van der Waals surface area (Å²) >= 11 is 5.91. The highest BCUT2D eigenvalue weighted by Crippen LogP contribution is 2.22. The van der Waals surface area contributed by atoms with Crippen molar-refractivity contribution >= 4 is 28.6 Å². The van der Waals surface area contributed by atoms with Gasteiger partial charge in [-0.05, 0) is 61.6 Å². The minimum atomic E-state index is -0.233. The van der Waals surface area contributed by atoms with E-state index in [0.717, 1.165) is 31.2 Å². The predicted octanol–water partition coefficient (Wildman–Crippen LogP) is 4.11. The zero-order valence-corrected chi connectivity index (χ0v) is 15.6. The number of nitrogens with zero attached hydrogens (tertiary/aromatic N) is 1. The van der Waals surface area contributed by atoms with E-state index in [4.69, 9.17) is 16.0 Å². The third-order valence-corrected chi connectivity index (χ3v) is 5.25. The van der Waals surface area contributed by atoms with Crippen LogP contribution in [0.2, 0.25) is 5.02 Å². The van der Waals surface area contributed by atoms with Crippen molar-refractivity contribution in [2.24, 2.45) is 0 Å². The van der Waals surface area contributed by atoms with Gasteiger partial charge in [-0.3, -0.25) is 4.79 Å². The number of fused-ring (bicyclic) bond motifs is 1. The smallest absolute Gasteiger partial charge is 0.251 e. The maximum Gasteiger partial charge on any atom is 0.251 e. The second kappa shape index (κ2) is 7.71. The van der Waals surface area contributed by atoms with Crippen molar-refractivity contribution in [3.8, 4) is 0 Å². The standard InChI is InChI=1S/C21H21ClN2O3/c22-15-4-1-13(2-5-15)11-20-24-18-12-14(3-10-19(18)27-20)21(26)23-16-6-8-17(25)9-7-16/h1-5,10,12,16-17,25H,6-9,11H2,(H,23,26). The second-order valence-corrected chi connectivity index (χ2v) is 7.51. The van der Waals surface area contributed by atoms with Crippen molar-refractivity contribution in [1.82, 2.24) is 10.3 Å². The number of halogens is 1. The van der Waals surface area contributed by atoms with Gasteiger partial charge in [0.25, 0.3) is 5.91 Å². The fourth-order valence-corrected chi connectivity index (χ4v) is 3.58. The van der Waals surface area contributed by atoms with E-state index in [1.54, 1.807) is 18.2 Å². The van der Waals surface area contributed by atoms with Crippen LogP contribution in [-0.4, -0.2) is 28.1 Å². The van der Waals surface area contributed by atoms with Crippen LogP contribution in [0.25, 0.3) is 11.1 Å². The molecule has 2 N–H and O–H groups in total. The third kappa shape index (κ3) is 4.31. The minimum Gasteiger partial charge on any atom is -0.440 e. The molecule has 0 atom stereocenters. The van der Waals surface area contributed by atoms with E-state index in [2.05, 4.69) is 10.3 Å². The highest BCUT2D eigenvalue weighted by atomic mass is 35.5. The van der Waals surface area contributed by atoms with E-state index >= 15 is 0 Å². The fourth-order valence-electron chi connectivity index (χ4n) is 3.46. The molecule has 0 radical (unpaired) electrons. The molecule has 1 aliphatic carbocycles. The maximum atomic E-state index is 12.5. The van der Waals surface area contributed by atoms with Crippen LogP contribution in [0.1, 0.15) is 47.5 Å². The van der Waals surface area contributed by atoms with Gasteiger partial charge in [0.05, 0.1) is 6.10 Å². The molecule has 1 aromatic heterocycles. The summed E-state index contributed by atoms with van der Waals surface area (Å²) in [5, 5.41) is 13.3. The van der Waals surface area contributed by atoms with Crippen molar-refractivity contribution in [1.29, 1.82) is 0 Å². The first-order valence-corrected chi connectivity index (χ1v) is 9.57. The van der Waals surface area contributed by atoms with Crippen LogP contribution in [0.5, 0.6) is 0 Å². The Balaban J connectivity index is 1.47. The molecule has 0 aliphatic heterocycles. The predicted molar refractivity (Wildman–Crippen MR) is 104 cm³/mol. The van der Waals surface area contributed by atoms with Gasteiger partial charge in [0.15, 0.2) is 11.5 Å². The SMILES string of the molecule is O=C(NC1CCC(O)CC1)c1ccc2oc(Cc3ccc(Cl)cc3)nc2c1. The number of nitrogens with one attached hydrogen (secondary N) is 1. The Labute approximate surface area is 162 Å². The molecular formula is C21H21ClN2O3. The summed E-state index contributed by atoms with van der Waals surface area (Å²) in [4.78, 5) is 17.0. The van der Waals surface area contributed by atoms with Crippen LogP contribution in [0.4, 0.5) is 0 Å². The number of benzene rings is 2. The zero-order chi connectivity index (χ0) is 18.8. The van der Waals surface area contributed by atoms with Gasteiger partial charge in [-0.1, -0.05) is 23.7 Å². The van der Waals surface area contributed by atoms with Crippen LogP contribution in [-0.2, 0) is 6.42 Å². The van der Waals surface area contributed by atoms with Crippen LogP contribution >= 0.6 is 11.6 Å². The topological polar surface area (TPSA) is 75.4 Å². The molecule has 1 heterocycles. The number of aliphatic hydroxyl groups excluding tert-OH is 1. The molecule has 4 rings (SSSR count). The van der Waals surface area contributed by atoms with Crippen molar-refractivity contribution in [2.45, 2.75) is 44.2 Å². The van der Waals surface area contributed by atoms with E-state index in [0.29, 0.717) is 34.0 Å². The number of amides is 1. The first-order chi connectivity index (χ1) is 13.1. The van der Waals surface area contributed by atoms with E-state index in [9.17, 15) is 9.90 Å². The maximum absolute atomic E-state index is 12.5. The number of hydrogen-bond donors (Lipinski definition) is 2. The van der Waals surface area contributed by atoms with Crippen molar-refractivity contribution < 1.29 is 14.3 Å². The quantitative estimate of drug-likeness (QED) is 0.709. The Bertz CT molecular complexity index is 944. The molecule has 1 fully saturated rings. The number of carbonyl (C=O) groups is 1. The van der Waals surface area contributed by atoms with E-state index < -0.39 is 0 Å². The Morgan fingerprint density at radius 2 is 1.89 bits per heavy atom. The lowest BCUT2D eigenvalue weighted by atomic mass is 9.93. The number of carbonyl (C=O) groups excluding carboxylic acids is 1. The first kappa shape index (κ1) is 18.0. The van der Waals surface area contributed by atoms with Gasteiger partial charge in [0, 0.05) is 23.0 Å². The molecule has 6 heteroatoms. The molecule has 2 aromatic carbocycles. The zero-order valence-electron chi connectivity index (χ0n) is 14.8. The highest BCUT2D eigenvalue weighted by molar-refractivity contribution is 6.30. The van der Waals surface area contributed by atoms with E-state index in [1.807, 2.05) is 24.3 Å². The van der Waals surface area contributed by atoms with Gasteiger partial charge < -0.3 is 14.8 Å². The monoisotopic (exact) mass is 384 g/mol. The summed E-state index contributed by atoms with van der Waals surface area (Å²) < 4.78 is 5.80. The molecule has 5 nitrogen and oxygen atoms in total. The molecule has 0 saturated heterocycles. The third-order valence-electron chi connectivity index (χ3n) is 4.99. The molecule has 140 valence electrons. The van der Waals surface area contributed by atoms with E-state index in [-0.39, 0.29) is 18.1 Å². The minimum absolute atomic E-state index is 0.111. The highest BCUT2D eigenvalue weighted by Gasteiger charge is 2.21. The van der Waals surface area contributed by atoms with Crippen molar-refractivity contribution in [2.75, 3.05) is 0 Å². The fraction of sp³-hybridized carbons (Fsp3) is 0.333. The van der Waals surface area contributed by atoms with Gasteiger partial charge in [0.2, 0.25) is 0 Å². The lowest BCUT2D eigenvalue weighted by Gasteiger charge is -2.26. The number of aliphatic hydroxyl groups is 1. The Morgan fingerprint density at radius 1 is 1.15 bits per heavy atom. The molecule has 1 saturated carbocycles. The van der Waals surface area contributed by atoms with Gasteiger partial charge in [-0.15, -0.1) is 0 Å². The largest absolute Gasteiger partial charge is 0.440 e. The molecule has 0 bridgehead atoms. The van der Waals surface area contributed by atoms with Gasteiger partial charge >= 0.3 is 0 Å². The Hall–Kier alpha value is -2.37. The van der Waals surface area contributed by atoms with Gasteiger partial charge in [-0.2, -0.15) is 0 Å². The summed E-state index contributed by atoms with van der Waals surface area (Å²) in [6.45, 7) is 0. The summed E-state index contributed by atoms with van der Waals surface area (Å²) in [6.07, 6.45) is 3.43. The van der Waals surface area contributed by atoms with Crippen LogP contribution in [0.15, 0.2) is 46.9 Å². The van der Waals surface area contributed by atoms with E-state index in [1.165, 1.54) is 0 Å². The summed E-state index contributed by atoms with van der Waals surface area (Å²) in [7, 11) is 0. The number of hydrogen-bond acceptors (Lipinski definition) is 4. The lowest BCUT2D eigenvalue weighted by Crippen LogP contribution is -2.38. The van der Waals surface area contributed by atoms with Crippen LogP contribution in [0, 0.1) is 0 Å². The molecule has 0 unspecified atom stereocenters. The normalized spacial score (nSPS) is 19.9. The van der Waals surface area contributed by atoms with Crippen molar-refractivity contribution in [3.05, 3.63) is 64.5 Å². The molecule has 0 spiro atoms. The first-order valence-electron chi connectivity index (χ1n) is 9.19. The lowest BCUT2D eigenvalue weighted by molar-refractivity contribution is 0.0868. The average Bonchev–Trinajstić information content (AvgIpc) is 3.07. The summed E-state index contributed by atoms with van der Waals surface area (Å²) in [5.41, 5.74) is 2.96. The number of rotatable bonds is 4. The molecule has 3 aromatic rings. The van der Waals surface area contributed by atoms with Gasteiger partial charge in [0.1, 0.15) is 5.52 Å². The van der Waals surface area contributed by atoms with Crippen molar-refractivity contribution in [3.63, 3.8) is 0 Å². The number of oxazole rings is 1. The van der Waals surface area contributed by atoms with Gasteiger partial charge in [-0.25, -0.2) is 4.98 Å². The van der Waals surface area contributed by atoms with Crippen LogP contribution < -0.4 is 5.32 Å². The Kier molecular flexibility index (Phi) is 5.14. The molecular weight excluding hydrogens is 364 g/mol.